The minimum Gasteiger partial charge on any atom is -1.00 e. The molecule has 2 nitrogen and oxygen atoms in total. The fourth-order valence-electron chi connectivity index (χ4n) is 6.99. The molecule has 2 aromatic heterocycles. The number of fused-ring (bicyclic) bond motifs is 2. The normalized spacial score (nSPS) is 15.9. The van der Waals surface area contributed by atoms with Gasteiger partial charge >= 0.3 is 278 Å². The van der Waals surface area contributed by atoms with Crippen molar-refractivity contribution in [3.63, 3.8) is 0 Å². The van der Waals surface area contributed by atoms with Gasteiger partial charge in [0, 0.05) is 0 Å². The van der Waals surface area contributed by atoms with Gasteiger partial charge in [-0.05, 0) is 0 Å². The van der Waals surface area contributed by atoms with Crippen LogP contribution >= 0.6 is 0 Å². The Morgan fingerprint density at radius 3 is 1.23 bits per heavy atom. The maximum atomic E-state index is 6.39. The predicted molar refractivity (Wildman–Crippen MR) is 180 cm³/mol. The van der Waals surface area contributed by atoms with Crippen LogP contribution in [0.15, 0.2) is 125 Å². The molecule has 2 atom stereocenters. The van der Waals surface area contributed by atoms with Gasteiger partial charge in [0.05, 0.1) is 0 Å². The average Bonchev–Trinajstić information content (AvgIpc) is 3.82. The summed E-state index contributed by atoms with van der Waals surface area (Å²) >= 11 is -1.32. The predicted octanol–water partition coefficient (Wildman–Crippen LogP) is 5.20. The molecule has 6 aromatic rings. The van der Waals surface area contributed by atoms with Gasteiger partial charge < -0.3 is 24.8 Å². The van der Waals surface area contributed by atoms with Crippen molar-refractivity contribution in [3.05, 3.63) is 172 Å². The van der Waals surface area contributed by atoms with Gasteiger partial charge in [-0.1, -0.05) is 0 Å². The molecule has 232 valence electrons. The van der Waals surface area contributed by atoms with Crippen molar-refractivity contribution < 1.29 is 56.9 Å². The van der Waals surface area contributed by atoms with E-state index in [4.69, 9.17) is 8.83 Å². The number of halogens is 2. The van der Waals surface area contributed by atoms with Crippen LogP contribution in [0.25, 0.3) is 34.4 Å². The summed E-state index contributed by atoms with van der Waals surface area (Å²) in [7, 11) is 0. The molecule has 47 heavy (non-hydrogen) atoms. The van der Waals surface area contributed by atoms with Crippen molar-refractivity contribution in [2.24, 2.45) is 0 Å². The van der Waals surface area contributed by atoms with Crippen LogP contribution in [0.1, 0.15) is 68.3 Å². The molecule has 0 amide bonds. The zero-order valence-corrected chi connectivity index (χ0v) is 30.7. The average molecular weight is 733 g/mol. The Morgan fingerprint density at radius 2 is 0.872 bits per heavy atom. The minimum atomic E-state index is -1.32. The molecule has 0 aliphatic heterocycles. The Bertz CT molecular complexity index is 1980. The molecule has 5 heteroatoms. The van der Waals surface area contributed by atoms with Crippen molar-refractivity contribution >= 4 is 12.2 Å². The summed E-state index contributed by atoms with van der Waals surface area (Å²) in [5, 5.41) is 0. The first-order valence-corrected chi connectivity index (χ1v) is 18.1. The van der Waals surface area contributed by atoms with Gasteiger partial charge in [0.2, 0.25) is 0 Å². The number of aryl methyl sites for hydroxylation is 4. The first-order valence-electron chi connectivity index (χ1n) is 15.7. The molecule has 0 saturated heterocycles. The molecule has 0 spiro atoms. The van der Waals surface area contributed by atoms with Crippen molar-refractivity contribution in [3.8, 4) is 22.3 Å². The molecule has 2 heterocycles. The Kier molecular flexibility index (Phi) is 9.55. The van der Waals surface area contributed by atoms with E-state index >= 15 is 0 Å². The molecule has 4 aromatic carbocycles. The summed E-state index contributed by atoms with van der Waals surface area (Å²) in [6.07, 6.45) is 5.02. The minimum absolute atomic E-state index is 0. The van der Waals surface area contributed by atoms with Crippen molar-refractivity contribution in [1.82, 2.24) is 0 Å². The van der Waals surface area contributed by atoms with Gasteiger partial charge in [-0.3, -0.25) is 0 Å². The third kappa shape index (κ3) is 6.11. The van der Waals surface area contributed by atoms with Crippen LogP contribution in [0.2, 0.25) is 0 Å². The summed E-state index contributed by atoms with van der Waals surface area (Å²) < 4.78 is 15.8. The molecule has 0 saturated carbocycles. The van der Waals surface area contributed by atoms with Crippen LogP contribution in [0, 0.1) is 27.7 Å². The number of hydrogen-bond acceptors (Lipinski definition) is 2. The van der Waals surface area contributed by atoms with Crippen LogP contribution in [0.4, 0.5) is 0 Å². The largest absolute Gasteiger partial charge is 1.00 e. The van der Waals surface area contributed by atoms with Crippen LogP contribution in [0.3, 0.4) is 0 Å². The topological polar surface area (TPSA) is 26.3 Å². The van der Waals surface area contributed by atoms with Crippen LogP contribution < -0.4 is 24.8 Å². The smallest absolute Gasteiger partial charge is 1.00 e. The fourth-order valence-corrected chi connectivity index (χ4v) is 11.0. The zero-order chi connectivity index (χ0) is 30.7. The third-order valence-corrected chi connectivity index (χ3v) is 12.8. The molecule has 0 radical (unpaired) electrons. The van der Waals surface area contributed by atoms with E-state index < -0.39 is 23.2 Å². The van der Waals surface area contributed by atoms with E-state index in [-0.39, 0.29) is 36.6 Å². The quantitative estimate of drug-likeness (QED) is 0.236. The van der Waals surface area contributed by atoms with Crippen LogP contribution in [0.5, 0.6) is 0 Å². The SMILES string of the molecule is Cc1ccc(-c2cccc3c2C=[C]([Zr+2][C]2=Cc4c(-c5ccc(C)cc5)cccc4C2c2ccc(C)o2)C3c2ccc(C)o2)cc1.[Cl-].[Cl-]. The third-order valence-electron chi connectivity index (χ3n) is 9.23. The van der Waals surface area contributed by atoms with Gasteiger partial charge in [0.25, 0.3) is 0 Å². The molecule has 2 aliphatic carbocycles. The summed E-state index contributed by atoms with van der Waals surface area (Å²) in [5.74, 6) is 4.26. The van der Waals surface area contributed by atoms with Crippen LogP contribution in [-0.2, 0) is 23.2 Å². The van der Waals surface area contributed by atoms with Gasteiger partial charge in [-0.15, -0.1) is 0 Å². The maximum absolute atomic E-state index is 6.39. The number of allylic oxidation sites excluding steroid dienone is 2. The Hall–Kier alpha value is -3.62. The number of rotatable bonds is 6. The summed E-state index contributed by atoms with van der Waals surface area (Å²) in [6, 6.07) is 40.0. The van der Waals surface area contributed by atoms with E-state index in [2.05, 4.69) is 135 Å². The van der Waals surface area contributed by atoms with E-state index in [1.165, 1.54) is 62.2 Å². The monoisotopic (exact) mass is 730 g/mol. The fraction of sp³-hybridized carbons (Fsp3) is 0.143. The van der Waals surface area contributed by atoms with Gasteiger partial charge in [0.1, 0.15) is 0 Å². The second-order valence-corrected chi connectivity index (χ2v) is 15.9. The molecule has 2 unspecified atom stereocenters. The molecule has 8 rings (SSSR count). The summed E-state index contributed by atoms with van der Waals surface area (Å²) in [6.45, 7) is 8.38. The van der Waals surface area contributed by atoms with Gasteiger partial charge in [-0.25, -0.2) is 0 Å². The van der Waals surface area contributed by atoms with E-state index in [0.29, 0.717) is 0 Å². The summed E-state index contributed by atoms with van der Waals surface area (Å²) in [4.78, 5) is 0. The first-order chi connectivity index (χ1) is 21.9. The number of benzene rings is 4. The molecule has 2 aliphatic rings. The Labute approximate surface area is 301 Å². The van der Waals surface area contributed by atoms with E-state index in [0.717, 1.165) is 23.0 Å². The zero-order valence-electron chi connectivity index (χ0n) is 26.8. The second kappa shape index (κ2) is 13.5. The maximum Gasteiger partial charge on any atom is -1.00 e. The van der Waals surface area contributed by atoms with Crippen molar-refractivity contribution in [2.45, 2.75) is 39.5 Å². The Balaban J connectivity index is 0.00000193. The molecule has 0 fully saturated rings. The van der Waals surface area contributed by atoms with E-state index in [1.54, 1.807) is 0 Å². The van der Waals surface area contributed by atoms with E-state index in [9.17, 15) is 0 Å². The van der Waals surface area contributed by atoms with Gasteiger partial charge in [-0.2, -0.15) is 0 Å². The molecular formula is C42H34Cl2O2Zr. The second-order valence-electron chi connectivity index (χ2n) is 12.4. The van der Waals surface area contributed by atoms with Gasteiger partial charge in [0.15, 0.2) is 0 Å². The number of furan rings is 2. The standard InChI is InChI=1S/2C21H17O.2ClH.Zr/c2*1-14-6-9-16(10-7-14)17-4-3-5-18-19(17)11-12-20(18)21-13-8-15(2)22-21;;;/h2*3-11,13,20H,1-2H3;2*1H;/q;;;;+2/p-2. The van der Waals surface area contributed by atoms with Crippen molar-refractivity contribution in [1.29, 1.82) is 0 Å². The molecule has 0 N–H and O–H groups in total. The number of hydrogen-bond donors (Lipinski definition) is 0. The molecular weight excluding hydrogens is 699 g/mol. The molecule has 0 bridgehead atoms. The van der Waals surface area contributed by atoms with Crippen molar-refractivity contribution in [2.75, 3.05) is 0 Å². The summed E-state index contributed by atoms with van der Waals surface area (Å²) in [5.41, 5.74) is 13.0. The van der Waals surface area contributed by atoms with E-state index in [1.807, 2.05) is 13.8 Å². The first kappa shape index (κ1) is 33.3. The Morgan fingerprint density at radius 1 is 0.468 bits per heavy atom. The van der Waals surface area contributed by atoms with Crippen LogP contribution in [-0.4, -0.2) is 0 Å².